The largest absolute Gasteiger partial charge is 0.508 e. The lowest BCUT2D eigenvalue weighted by Gasteiger charge is -2.44. The first kappa shape index (κ1) is 25.0. The molecule has 0 radical (unpaired) electrons. The minimum absolute atomic E-state index is 0.0331. The lowest BCUT2D eigenvalue weighted by Crippen LogP contribution is -2.55. The van der Waals surface area contributed by atoms with Crippen LogP contribution >= 0.6 is 0 Å². The Kier molecular flexibility index (Phi) is 7.71. The van der Waals surface area contributed by atoms with Gasteiger partial charge in [-0.15, -0.1) is 0 Å². The normalized spacial score (nSPS) is 22.7. The number of esters is 1. The highest BCUT2D eigenvalue weighted by atomic mass is 16.7. The molecule has 7 heteroatoms. The molecule has 0 bridgehead atoms. The van der Waals surface area contributed by atoms with E-state index in [2.05, 4.69) is 0 Å². The van der Waals surface area contributed by atoms with Crippen LogP contribution in [0.2, 0.25) is 0 Å². The molecule has 2 atom stereocenters. The van der Waals surface area contributed by atoms with Crippen molar-refractivity contribution >= 4 is 17.8 Å². The van der Waals surface area contributed by atoms with E-state index < -0.39 is 29.1 Å². The van der Waals surface area contributed by atoms with E-state index in [0.717, 1.165) is 11.6 Å². The van der Waals surface area contributed by atoms with Gasteiger partial charge in [0.15, 0.2) is 11.6 Å². The molecule has 2 aromatic rings. The van der Waals surface area contributed by atoms with Crippen LogP contribution in [0.25, 0.3) is 6.08 Å². The molecule has 1 fully saturated rings. The predicted octanol–water partition coefficient (Wildman–Crippen LogP) is 4.74. The quantitative estimate of drug-likeness (QED) is 0.201. The van der Waals surface area contributed by atoms with Gasteiger partial charge >= 0.3 is 5.97 Å². The molecule has 2 N–H and O–H groups in total. The molecule has 0 aromatic heterocycles. The Morgan fingerprint density at radius 2 is 1.71 bits per heavy atom. The van der Waals surface area contributed by atoms with Crippen molar-refractivity contribution in [1.29, 1.82) is 0 Å². The number of carbonyl (C=O) groups is 2. The molecule has 3 rings (SSSR count). The molecule has 0 saturated carbocycles. The number of rotatable bonds is 7. The number of allylic oxidation sites excluding steroid dienone is 3. The Morgan fingerprint density at radius 1 is 1.03 bits per heavy atom. The van der Waals surface area contributed by atoms with Crippen LogP contribution < -0.4 is 4.74 Å². The number of carbonyl (C=O) groups excluding carboxylic acids is 2. The highest BCUT2D eigenvalue weighted by Gasteiger charge is 2.50. The van der Waals surface area contributed by atoms with Crippen molar-refractivity contribution in [2.75, 3.05) is 6.61 Å². The lowest BCUT2D eigenvalue weighted by molar-refractivity contribution is -0.300. The third-order valence-electron chi connectivity index (χ3n) is 5.24. The molecular weight excluding hydrogens is 436 g/mol. The second-order valence-corrected chi connectivity index (χ2v) is 8.60. The summed E-state index contributed by atoms with van der Waals surface area (Å²) in [6, 6.07) is 15.0. The van der Waals surface area contributed by atoms with Gasteiger partial charge in [-0.05, 0) is 62.8 Å². The van der Waals surface area contributed by atoms with Crippen molar-refractivity contribution in [2.45, 2.75) is 32.7 Å². The fourth-order valence-corrected chi connectivity index (χ4v) is 3.21. The van der Waals surface area contributed by atoms with Crippen LogP contribution in [0.1, 0.15) is 26.3 Å². The molecule has 1 aliphatic rings. The first-order valence-electron chi connectivity index (χ1n) is 10.8. The van der Waals surface area contributed by atoms with Crippen molar-refractivity contribution < 1.29 is 34.0 Å². The molecule has 1 heterocycles. The van der Waals surface area contributed by atoms with Crippen LogP contribution in [0.3, 0.4) is 0 Å². The van der Waals surface area contributed by atoms with Crippen molar-refractivity contribution in [3.05, 3.63) is 90.2 Å². The number of para-hydroxylation sites is 1. The van der Waals surface area contributed by atoms with Crippen LogP contribution in [0.5, 0.6) is 11.5 Å². The molecule has 0 aliphatic carbocycles. The zero-order chi connectivity index (χ0) is 24.8. The molecule has 2 aromatic carbocycles. The Morgan fingerprint density at radius 3 is 2.38 bits per heavy atom. The van der Waals surface area contributed by atoms with E-state index in [0.29, 0.717) is 5.75 Å². The van der Waals surface area contributed by atoms with E-state index in [4.69, 9.17) is 14.2 Å². The molecule has 2 unspecified atom stereocenters. The predicted molar refractivity (Wildman–Crippen MR) is 127 cm³/mol. The van der Waals surface area contributed by atoms with Crippen LogP contribution in [0.15, 0.2) is 84.7 Å². The number of ether oxygens (including phenoxy) is 3. The second-order valence-electron chi connectivity index (χ2n) is 8.60. The molecule has 0 amide bonds. The Bertz CT molecular complexity index is 1100. The maximum atomic E-state index is 13.0. The van der Waals surface area contributed by atoms with E-state index in [1.54, 1.807) is 63.2 Å². The molecule has 178 valence electrons. The Hall–Kier alpha value is -3.68. The average Bonchev–Trinajstić information content (AvgIpc) is 2.80. The maximum absolute atomic E-state index is 13.0. The van der Waals surface area contributed by atoms with Gasteiger partial charge in [0, 0.05) is 6.08 Å². The summed E-state index contributed by atoms with van der Waals surface area (Å²) in [6.45, 7) is 5.13. The average molecular weight is 465 g/mol. The van der Waals surface area contributed by atoms with Crippen molar-refractivity contribution in [1.82, 2.24) is 0 Å². The summed E-state index contributed by atoms with van der Waals surface area (Å²) in [5.41, 5.74) is -0.460. The van der Waals surface area contributed by atoms with Gasteiger partial charge in [-0.1, -0.05) is 42.5 Å². The van der Waals surface area contributed by atoms with Gasteiger partial charge in [0.05, 0.1) is 12.7 Å². The highest BCUT2D eigenvalue weighted by Crippen LogP contribution is 2.37. The van der Waals surface area contributed by atoms with Crippen LogP contribution in [-0.2, 0) is 19.1 Å². The third kappa shape index (κ3) is 6.66. The second kappa shape index (κ2) is 10.5. The van der Waals surface area contributed by atoms with Crippen molar-refractivity contribution in [3.8, 4) is 11.5 Å². The molecule has 0 spiro atoms. The highest BCUT2D eigenvalue weighted by molar-refractivity contribution is 6.00. The molecule has 34 heavy (non-hydrogen) atoms. The van der Waals surface area contributed by atoms with Gasteiger partial charge in [0.25, 0.3) is 0 Å². The Balaban J connectivity index is 1.72. The molecular formula is C27H28O7. The van der Waals surface area contributed by atoms with Gasteiger partial charge in [-0.3, -0.25) is 9.59 Å². The number of ketones is 1. The Labute approximate surface area is 198 Å². The number of phenols is 1. The van der Waals surface area contributed by atoms with E-state index in [9.17, 15) is 19.8 Å². The number of aliphatic hydroxyl groups excluding tert-OH is 1. The van der Waals surface area contributed by atoms with Crippen molar-refractivity contribution in [2.24, 2.45) is 5.41 Å². The lowest BCUT2D eigenvalue weighted by atomic mass is 9.83. The van der Waals surface area contributed by atoms with Gasteiger partial charge in [-0.25, -0.2) is 0 Å². The number of aliphatic hydroxyl groups is 1. The fourth-order valence-electron chi connectivity index (χ4n) is 3.21. The maximum Gasteiger partial charge on any atom is 0.322 e. The number of phenolic OH excluding ortho intramolecular Hbond substituents is 1. The van der Waals surface area contributed by atoms with Crippen LogP contribution in [-0.4, -0.2) is 40.5 Å². The van der Waals surface area contributed by atoms with E-state index in [1.807, 2.05) is 6.07 Å². The summed E-state index contributed by atoms with van der Waals surface area (Å²) < 4.78 is 17.2. The van der Waals surface area contributed by atoms with Gasteiger partial charge in [0.1, 0.15) is 22.7 Å². The van der Waals surface area contributed by atoms with Gasteiger partial charge in [-0.2, -0.15) is 0 Å². The number of aromatic hydroxyl groups is 1. The van der Waals surface area contributed by atoms with Gasteiger partial charge < -0.3 is 24.4 Å². The summed E-state index contributed by atoms with van der Waals surface area (Å²) in [5, 5.41) is 19.4. The zero-order valence-corrected chi connectivity index (χ0v) is 19.3. The molecule has 1 aliphatic heterocycles. The first-order valence-corrected chi connectivity index (χ1v) is 10.8. The molecule has 7 nitrogen and oxygen atoms in total. The summed E-state index contributed by atoms with van der Waals surface area (Å²) in [4.78, 5) is 25.4. The van der Waals surface area contributed by atoms with E-state index >= 15 is 0 Å². The first-order chi connectivity index (χ1) is 16.1. The molecule has 1 saturated heterocycles. The fraction of sp³-hybridized carbons (Fsp3) is 0.259. The minimum Gasteiger partial charge on any atom is -0.508 e. The number of benzene rings is 2. The number of hydrogen-bond acceptors (Lipinski definition) is 7. The summed E-state index contributed by atoms with van der Waals surface area (Å²) >= 11 is 0. The zero-order valence-electron chi connectivity index (χ0n) is 19.3. The third-order valence-corrected chi connectivity index (χ3v) is 5.24. The summed E-state index contributed by atoms with van der Waals surface area (Å²) in [7, 11) is 0. The smallest absolute Gasteiger partial charge is 0.322 e. The standard InChI is InChI=1S/C27H28O7/c1-26(2)32-18-27(3,25(31)33-23-7-5-4-6-8-23)24(34-26)16-15-22(30)17-21(29)14-11-19-9-12-20(28)13-10-19/h4-17,24,28-29H,18H2,1-3H3/b14-11+,16-15+,21-17?. The topological polar surface area (TPSA) is 102 Å². The van der Waals surface area contributed by atoms with Crippen molar-refractivity contribution in [3.63, 3.8) is 0 Å². The van der Waals surface area contributed by atoms with E-state index in [1.165, 1.54) is 30.4 Å². The number of hydrogen-bond donors (Lipinski definition) is 2. The van der Waals surface area contributed by atoms with Crippen LogP contribution in [0, 0.1) is 5.41 Å². The van der Waals surface area contributed by atoms with Gasteiger partial charge in [0.2, 0.25) is 0 Å². The minimum atomic E-state index is -1.20. The van der Waals surface area contributed by atoms with E-state index in [-0.39, 0.29) is 18.1 Å². The summed E-state index contributed by atoms with van der Waals surface area (Å²) in [5.74, 6) is -1.72. The SMILES string of the molecule is CC1(C)OCC(C)(C(=O)Oc2ccccc2)C(/C=C/C(=O)C=C(O)/C=C/c2ccc(O)cc2)O1. The summed E-state index contributed by atoms with van der Waals surface area (Å²) in [6.07, 6.45) is 5.94. The monoisotopic (exact) mass is 464 g/mol. The van der Waals surface area contributed by atoms with Crippen LogP contribution in [0.4, 0.5) is 0 Å².